The van der Waals surface area contributed by atoms with Crippen LogP contribution in [0.15, 0.2) is 53.7 Å². The van der Waals surface area contributed by atoms with Crippen molar-refractivity contribution in [1.82, 2.24) is 24.5 Å². The topological polar surface area (TPSA) is 122 Å². The van der Waals surface area contributed by atoms with E-state index in [0.717, 1.165) is 0 Å². The zero-order chi connectivity index (χ0) is 22.4. The second-order valence-corrected chi connectivity index (χ2v) is 8.37. The maximum Gasteiger partial charge on any atom is 0.243 e. The summed E-state index contributed by atoms with van der Waals surface area (Å²) in [5.41, 5.74) is 1.07. The third-order valence-corrected chi connectivity index (χ3v) is 6.55. The standard InChI is InChI=1S/C19H22FN7O3S/c1-3-26(4-2)31(29,30)16-8-5-14(6-9-16)23-19(28)12-21-18-11-15(7-10-17(18)20)27-13-22-24-25-27/h5-11,13,21H,3-4,12H2,1-2H3,(H,23,28). The molecule has 3 rings (SSSR count). The number of rotatable bonds is 9. The van der Waals surface area contributed by atoms with Gasteiger partial charge in [-0.2, -0.15) is 4.31 Å². The molecule has 1 aromatic heterocycles. The molecule has 0 aliphatic carbocycles. The number of hydrogen-bond acceptors (Lipinski definition) is 7. The van der Waals surface area contributed by atoms with Gasteiger partial charge in [0, 0.05) is 18.8 Å². The normalized spacial score (nSPS) is 11.5. The van der Waals surface area contributed by atoms with Crippen molar-refractivity contribution in [3.63, 3.8) is 0 Å². The van der Waals surface area contributed by atoms with Crippen molar-refractivity contribution in [3.8, 4) is 5.69 Å². The molecule has 0 atom stereocenters. The third kappa shape index (κ3) is 5.22. The molecule has 0 bridgehead atoms. The molecule has 164 valence electrons. The first-order chi connectivity index (χ1) is 14.8. The SMILES string of the molecule is CCN(CC)S(=O)(=O)c1ccc(NC(=O)CNc2cc(-n3cnnn3)ccc2F)cc1. The summed E-state index contributed by atoms with van der Waals surface area (Å²) in [5.74, 6) is -0.956. The average molecular weight is 447 g/mol. The number of carbonyl (C=O) groups excluding carboxylic acids is 1. The molecule has 0 fully saturated rings. The van der Waals surface area contributed by atoms with Gasteiger partial charge in [-0.15, -0.1) is 5.10 Å². The maximum atomic E-state index is 14.1. The van der Waals surface area contributed by atoms with Crippen LogP contribution in [0.3, 0.4) is 0 Å². The van der Waals surface area contributed by atoms with E-state index in [0.29, 0.717) is 24.5 Å². The van der Waals surface area contributed by atoms with Gasteiger partial charge in [0.05, 0.1) is 22.8 Å². The van der Waals surface area contributed by atoms with E-state index in [4.69, 9.17) is 0 Å². The van der Waals surface area contributed by atoms with Crippen LogP contribution in [-0.4, -0.2) is 58.5 Å². The van der Waals surface area contributed by atoms with E-state index in [1.807, 2.05) is 0 Å². The van der Waals surface area contributed by atoms with E-state index in [1.54, 1.807) is 13.8 Å². The van der Waals surface area contributed by atoms with Gasteiger partial charge in [0.1, 0.15) is 12.1 Å². The molecule has 12 heteroatoms. The lowest BCUT2D eigenvalue weighted by atomic mass is 10.2. The molecule has 10 nitrogen and oxygen atoms in total. The first-order valence-corrected chi connectivity index (χ1v) is 11.0. The molecule has 1 heterocycles. The van der Waals surface area contributed by atoms with Crippen molar-refractivity contribution < 1.29 is 17.6 Å². The zero-order valence-electron chi connectivity index (χ0n) is 17.0. The highest BCUT2D eigenvalue weighted by atomic mass is 32.2. The average Bonchev–Trinajstić information content (AvgIpc) is 3.29. The summed E-state index contributed by atoms with van der Waals surface area (Å²) in [4.78, 5) is 12.4. The zero-order valence-corrected chi connectivity index (χ0v) is 17.8. The number of hydrogen-bond donors (Lipinski definition) is 2. The van der Waals surface area contributed by atoms with Crippen LogP contribution in [-0.2, 0) is 14.8 Å². The van der Waals surface area contributed by atoms with Gasteiger partial charge in [-0.3, -0.25) is 4.79 Å². The van der Waals surface area contributed by atoms with Crippen LogP contribution in [0.25, 0.3) is 5.69 Å². The van der Waals surface area contributed by atoms with Gasteiger partial charge in [-0.1, -0.05) is 13.8 Å². The highest BCUT2D eigenvalue weighted by Gasteiger charge is 2.21. The number of benzene rings is 2. The number of halogens is 1. The molecular formula is C19H22FN7O3S. The molecule has 0 saturated carbocycles. The van der Waals surface area contributed by atoms with Crippen molar-refractivity contribution in [1.29, 1.82) is 0 Å². The Labute approximate surface area is 179 Å². The second-order valence-electron chi connectivity index (χ2n) is 6.43. The molecule has 0 unspecified atom stereocenters. The van der Waals surface area contributed by atoms with Crippen LogP contribution in [0.2, 0.25) is 0 Å². The largest absolute Gasteiger partial charge is 0.374 e. The minimum atomic E-state index is -3.57. The van der Waals surface area contributed by atoms with E-state index in [-0.39, 0.29) is 17.1 Å². The van der Waals surface area contributed by atoms with E-state index in [9.17, 15) is 17.6 Å². The fourth-order valence-electron chi connectivity index (χ4n) is 2.87. The number of anilines is 2. The fraction of sp³-hybridized carbons (Fsp3) is 0.263. The summed E-state index contributed by atoms with van der Waals surface area (Å²) < 4.78 is 41.8. The Hall–Kier alpha value is -3.38. The van der Waals surface area contributed by atoms with Crippen LogP contribution in [0.4, 0.5) is 15.8 Å². The highest BCUT2D eigenvalue weighted by Crippen LogP contribution is 2.19. The predicted molar refractivity (Wildman–Crippen MR) is 113 cm³/mol. The Balaban J connectivity index is 1.62. The molecule has 0 radical (unpaired) electrons. The van der Waals surface area contributed by atoms with Crippen molar-refractivity contribution in [2.45, 2.75) is 18.7 Å². The van der Waals surface area contributed by atoms with Gasteiger partial charge in [-0.25, -0.2) is 17.5 Å². The minimum Gasteiger partial charge on any atom is -0.374 e. The van der Waals surface area contributed by atoms with Crippen molar-refractivity contribution >= 4 is 27.3 Å². The maximum absolute atomic E-state index is 14.1. The van der Waals surface area contributed by atoms with Gasteiger partial charge >= 0.3 is 0 Å². The summed E-state index contributed by atoms with van der Waals surface area (Å²) >= 11 is 0. The molecule has 0 aliphatic heterocycles. The number of nitrogens with one attached hydrogen (secondary N) is 2. The van der Waals surface area contributed by atoms with Gasteiger partial charge < -0.3 is 10.6 Å². The molecule has 3 aromatic rings. The fourth-order valence-corrected chi connectivity index (χ4v) is 4.33. The van der Waals surface area contributed by atoms with Crippen LogP contribution >= 0.6 is 0 Å². The lowest BCUT2D eigenvalue weighted by Gasteiger charge is -2.18. The van der Waals surface area contributed by atoms with E-state index in [1.165, 1.54) is 57.8 Å². The lowest BCUT2D eigenvalue weighted by Crippen LogP contribution is -2.30. The first-order valence-electron chi connectivity index (χ1n) is 9.52. The Morgan fingerprint density at radius 3 is 2.45 bits per heavy atom. The summed E-state index contributed by atoms with van der Waals surface area (Å²) in [6.07, 6.45) is 1.37. The van der Waals surface area contributed by atoms with Crippen LogP contribution < -0.4 is 10.6 Å². The quantitative estimate of drug-likeness (QED) is 0.514. The Morgan fingerprint density at radius 1 is 1.13 bits per heavy atom. The second kappa shape index (κ2) is 9.62. The van der Waals surface area contributed by atoms with Gasteiger partial charge in [0.25, 0.3) is 0 Å². The molecular weight excluding hydrogens is 425 g/mol. The van der Waals surface area contributed by atoms with Gasteiger partial charge in [0.15, 0.2) is 0 Å². The monoisotopic (exact) mass is 447 g/mol. The summed E-state index contributed by atoms with van der Waals surface area (Å²) in [7, 11) is -3.57. The van der Waals surface area contributed by atoms with Crippen molar-refractivity contribution in [3.05, 3.63) is 54.6 Å². The van der Waals surface area contributed by atoms with E-state index in [2.05, 4.69) is 26.2 Å². The molecule has 31 heavy (non-hydrogen) atoms. The van der Waals surface area contributed by atoms with E-state index < -0.39 is 21.7 Å². The molecule has 2 N–H and O–H groups in total. The number of carbonyl (C=O) groups is 1. The Kier molecular flexibility index (Phi) is 6.92. The van der Waals surface area contributed by atoms with Crippen molar-refractivity contribution in [2.75, 3.05) is 30.3 Å². The lowest BCUT2D eigenvalue weighted by molar-refractivity contribution is -0.114. The first kappa shape index (κ1) is 22.3. The number of amides is 1. The van der Waals surface area contributed by atoms with Gasteiger partial charge in [-0.05, 0) is 52.9 Å². The molecule has 0 aliphatic rings. The highest BCUT2D eigenvalue weighted by molar-refractivity contribution is 7.89. The third-order valence-electron chi connectivity index (χ3n) is 4.48. The number of nitrogens with zero attached hydrogens (tertiary/aromatic N) is 5. The molecule has 2 aromatic carbocycles. The Bertz CT molecular complexity index is 1130. The molecule has 0 saturated heterocycles. The Morgan fingerprint density at radius 2 is 1.84 bits per heavy atom. The van der Waals surface area contributed by atoms with Crippen LogP contribution in [0.5, 0.6) is 0 Å². The number of tetrazole rings is 1. The summed E-state index contributed by atoms with van der Waals surface area (Å²) in [6, 6.07) is 10.1. The number of sulfonamides is 1. The van der Waals surface area contributed by atoms with Crippen LogP contribution in [0, 0.1) is 5.82 Å². The van der Waals surface area contributed by atoms with Crippen molar-refractivity contribution in [2.24, 2.45) is 0 Å². The molecule has 0 spiro atoms. The van der Waals surface area contributed by atoms with Crippen LogP contribution in [0.1, 0.15) is 13.8 Å². The molecule has 1 amide bonds. The summed E-state index contributed by atoms with van der Waals surface area (Å²) in [6.45, 7) is 4.08. The van der Waals surface area contributed by atoms with E-state index >= 15 is 0 Å². The smallest absolute Gasteiger partial charge is 0.243 e. The predicted octanol–water partition coefficient (Wildman–Crippen LogP) is 1.88. The minimum absolute atomic E-state index is 0.115. The summed E-state index contributed by atoms with van der Waals surface area (Å²) in [5, 5.41) is 16.2. The number of aromatic nitrogens is 4. The van der Waals surface area contributed by atoms with Gasteiger partial charge in [0.2, 0.25) is 15.9 Å².